The molecular formula is C12H13N3O. The van der Waals surface area contributed by atoms with Crippen molar-refractivity contribution in [1.29, 1.82) is 0 Å². The van der Waals surface area contributed by atoms with Gasteiger partial charge in [-0.2, -0.15) is 0 Å². The topological polar surface area (TPSA) is 54.4 Å². The molecule has 1 aliphatic rings. The van der Waals surface area contributed by atoms with E-state index in [1.165, 1.54) is 6.92 Å². The molecule has 0 bridgehead atoms. The van der Waals surface area contributed by atoms with Crippen LogP contribution in [0.15, 0.2) is 29.3 Å². The summed E-state index contributed by atoms with van der Waals surface area (Å²) in [6.45, 7) is 3.39. The summed E-state index contributed by atoms with van der Waals surface area (Å²) in [6, 6.07) is 3.98. The van der Waals surface area contributed by atoms with Gasteiger partial charge in [-0.1, -0.05) is 12.1 Å². The van der Waals surface area contributed by atoms with Gasteiger partial charge in [0.2, 0.25) is 5.91 Å². The molecule has 0 aromatic carbocycles. The highest BCUT2D eigenvalue weighted by atomic mass is 16.1. The van der Waals surface area contributed by atoms with Gasteiger partial charge in [0, 0.05) is 18.2 Å². The van der Waals surface area contributed by atoms with Crippen LogP contribution >= 0.6 is 0 Å². The van der Waals surface area contributed by atoms with Crippen molar-refractivity contribution in [2.45, 2.75) is 20.3 Å². The second-order valence-corrected chi connectivity index (χ2v) is 3.72. The minimum atomic E-state index is -0.125. The van der Waals surface area contributed by atoms with Crippen LogP contribution in [-0.4, -0.2) is 16.7 Å². The lowest BCUT2D eigenvalue weighted by atomic mass is 10.2. The highest BCUT2D eigenvalue weighted by molar-refractivity contribution is 6.04. The molecule has 4 nitrogen and oxygen atoms in total. The average Bonchev–Trinajstić information content (AvgIpc) is 2.37. The van der Waals surface area contributed by atoms with Gasteiger partial charge in [0.05, 0.1) is 0 Å². The van der Waals surface area contributed by atoms with Crippen molar-refractivity contribution in [3.8, 4) is 0 Å². The number of nitrogens with one attached hydrogen (secondary N) is 1. The minimum Gasteiger partial charge on any atom is -0.311 e. The normalized spacial score (nSPS) is 13.8. The Morgan fingerprint density at radius 2 is 2.25 bits per heavy atom. The maximum absolute atomic E-state index is 11.0. The second-order valence-electron chi connectivity index (χ2n) is 3.72. The fourth-order valence-electron chi connectivity index (χ4n) is 1.53. The lowest BCUT2D eigenvalue weighted by molar-refractivity contribution is -0.117. The summed E-state index contributed by atoms with van der Waals surface area (Å²) >= 11 is 0. The van der Waals surface area contributed by atoms with E-state index in [4.69, 9.17) is 0 Å². The van der Waals surface area contributed by atoms with E-state index >= 15 is 0 Å². The molecule has 16 heavy (non-hydrogen) atoms. The van der Waals surface area contributed by atoms with E-state index < -0.39 is 0 Å². The van der Waals surface area contributed by atoms with Crippen LogP contribution in [-0.2, 0) is 11.2 Å². The number of hydrogen-bond donors (Lipinski definition) is 1. The van der Waals surface area contributed by atoms with Crippen molar-refractivity contribution in [2.24, 2.45) is 4.99 Å². The molecule has 0 saturated carbocycles. The SMILES string of the molecule is CC(=O)NC1=Nc2nc(C)ccc2CC=C1. The molecule has 1 N–H and O–H groups in total. The fraction of sp³-hybridized carbons (Fsp3) is 0.250. The fourth-order valence-corrected chi connectivity index (χ4v) is 1.53. The Bertz CT molecular complexity index is 489. The average molecular weight is 215 g/mol. The van der Waals surface area contributed by atoms with Crippen LogP contribution in [0.4, 0.5) is 5.82 Å². The zero-order valence-electron chi connectivity index (χ0n) is 9.32. The van der Waals surface area contributed by atoms with Gasteiger partial charge < -0.3 is 5.32 Å². The van der Waals surface area contributed by atoms with Crippen LogP contribution in [0.1, 0.15) is 18.2 Å². The molecule has 0 unspecified atom stereocenters. The summed E-state index contributed by atoms with van der Waals surface area (Å²) in [7, 11) is 0. The number of aromatic nitrogens is 1. The second kappa shape index (κ2) is 4.26. The van der Waals surface area contributed by atoms with Gasteiger partial charge in [-0.05, 0) is 25.5 Å². The van der Waals surface area contributed by atoms with E-state index in [-0.39, 0.29) is 5.91 Å². The van der Waals surface area contributed by atoms with Gasteiger partial charge >= 0.3 is 0 Å². The van der Waals surface area contributed by atoms with Gasteiger partial charge in [0.25, 0.3) is 0 Å². The predicted octanol–water partition coefficient (Wildman–Crippen LogP) is 1.67. The van der Waals surface area contributed by atoms with Crippen LogP contribution in [0.3, 0.4) is 0 Å². The van der Waals surface area contributed by atoms with Gasteiger partial charge in [-0.25, -0.2) is 9.98 Å². The first-order valence-electron chi connectivity index (χ1n) is 5.14. The van der Waals surface area contributed by atoms with Gasteiger partial charge in [0.1, 0.15) is 5.84 Å². The predicted molar refractivity (Wildman–Crippen MR) is 62.7 cm³/mol. The minimum absolute atomic E-state index is 0.125. The molecule has 0 atom stereocenters. The number of aryl methyl sites for hydroxylation is 1. The molecule has 1 amide bonds. The molecule has 4 heteroatoms. The number of carbonyl (C=O) groups is 1. The zero-order valence-corrected chi connectivity index (χ0v) is 9.32. The van der Waals surface area contributed by atoms with Crippen LogP contribution < -0.4 is 5.32 Å². The molecule has 0 saturated heterocycles. The Kier molecular flexibility index (Phi) is 2.81. The number of pyridine rings is 1. The number of amidine groups is 1. The first kappa shape index (κ1) is 10.5. The van der Waals surface area contributed by atoms with Gasteiger partial charge in [-0.15, -0.1) is 0 Å². The molecule has 0 spiro atoms. The maximum atomic E-state index is 11.0. The standard InChI is InChI=1S/C12H13N3O/c1-8-6-7-10-4-3-5-11(14-9(2)16)15-12(10)13-8/h3,5-7H,4H2,1-2H3,(H,13,14,15,16). The maximum Gasteiger partial charge on any atom is 0.222 e. The number of fused-ring (bicyclic) bond motifs is 1. The molecule has 0 fully saturated rings. The first-order chi connectivity index (χ1) is 7.65. The summed E-state index contributed by atoms with van der Waals surface area (Å²) in [4.78, 5) is 19.6. The van der Waals surface area contributed by atoms with E-state index in [0.29, 0.717) is 11.7 Å². The van der Waals surface area contributed by atoms with E-state index in [9.17, 15) is 4.79 Å². The number of nitrogens with zero attached hydrogens (tertiary/aromatic N) is 2. The summed E-state index contributed by atoms with van der Waals surface area (Å²) in [5.41, 5.74) is 1.99. The van der Waals surface area contributed by atoms with Crippen LogP contribution in [0.2, 0.25) is 0 Å². The first-order valence-corrected chi connectivity index (χ1v) is 5.14. The Morgan fingerprint density at radius 1 is 1.44 bits per heavy atom. The molecular weight excluding hydrogens is 202 g/mol. The third-order valence-corrected chi connectivity index (χ3v) is 2.24. The molecule has 0 radical (unpaired) electrons. The summed E-state index contributed by atoms with van der Waals surface area (Å²) < 4.78 is 0. The Labute approximate surface area is 94.1 Å². The van der Waals surface area contributed by atoms with Gasteiger partial charge in [-0.3, -0.25) is 4.79 Å². The Balaban J connectivity index is 2.40. The molecule has 0 aliphatic carbocycles. The molecule has 1 aromatic heterocycles. The van der Waals surface area contributed by atoms with Crippen LogP contribution in [0.25, 0.3) is 0 Å². The lowest BCUT2D eigenvalue weighted by Gasteiger charge is -2.03. The summed E-state index contributed by atoms with van der Waals surface area (Å²) in [5.74, 6) is 1.11. The van der Waals surface area contributed by atoms with E-state index in [1.807, 2.05) is 25.1 Å². The van der Waals surface area contributed by atoms with E-state index in [0.717, 1.165) is 17.7 Å². The zero-order chi connectivity index (χ0) is 11.5. The van der Waals surface area contributed by atoms with Crippen molar-refractivity contribution in [3.63, 3.8) is 0 Å². The summed E-state index contributed by atoms with van der Waals surface area (Å²) in [6.07, 6.45) is 4.56. The number of rotatable bonds is 0. The highest BCUT2D eigenvalue weighted by Crippen LogP contribution is 2.20. The Morgan fingerprint density at radius 3 is 3.00 bits per heavy atom. The summed E-state index contributed by atoms with van der Waals surface area (Å²) in [5, 5.41) is 2.67. The monoisotopic (exact) mass is 215 g/mol. The number of aliphatic imine (C=N–C) groups is 1. The van der Waals surface area contributed by atoms with Gasteiger partial charge in [0.15, 0.2) is 5.82 Å². The highest BCUT2D eigenvalue weighted by Gasteiger charge is 2.08. The third kappa shape index (κ3) is 2.34. The quantitative estimate of drug-likeness (QED) is 0.715. The van der Waals surface area contributed by atoms with Crippen molar-refractivity contribution < 1.29 is 4.79 Å². The number of carbonyl (C=O) groups excluding carboxylic acids is 1. The largest absolute Gasteiger partial charge is 0.311 e. The van der Waals surface area contributed by atoms with Crippen LogP contribution in [0.5, 0.6) is 0 Å². The lowest BCUT2D eigenvalue weighted by Crippen LogP contribution is -2.26. The van der Waals surface area contributed by atoms with Crippen molar-refractivity contribution >= 4 is 17.6 Å². The number of amides is 1. The molecule has 2 heterocycles. The third-order valence-electron chi connectivity index (χ3n) is 2.24. The smallest absolute Gasteiger partial charge is 0.222 e. The van der Waals surface area contributed by atoms with E-state index in [2.05, 4.69) is 15.3 Å². The van der Waals surface area contributed by atoms with Crippen molar-refractivity contribution in [2.75, 3.05) is 0 Å². The molecule has 2 rings (SSSR count). The van der Waals surface area contributed by atoms with E-state index in [1.54, 1.807) is 6.08 Å². The molecule has 82 valence electrons. The molecule has 1 aliphatic heterocycles. The number of allylic oxidation sites excluding steroid dienone is 1. The van der Waals surface area contributed by atoms with Crippen molar-refractivity contribution in [3.05, 3.63) is 35.5 Å². The molecule has 1 aromatic rings. The number of hydrogen-bond acceptors (Lipinski definition) is 3. The van der Waals surface area contributed by atoms with Crippen molar-refractivity contribution in [1.82, 2.24) is 10.3 Å². The Hall–Kier alpha value is -1.97. The van der Waals surface area contributed by atoms with Crippen LogP contribution in [0, 0.1) is 6.92 Å².